The maximum Gasteiger partial charge on any atom is 0.330 e. The zero-order valence-electron chi connectivity index (χ0n) is 23.3. The molecule has 0 unspecified atom stereocenters. The first-order valence-electron chi connectivity index (χ1n) is 13.9. The number of Topliss-reactive ketones (excluding diaryl/α,β-unsaturated/α-hetero) is 1. The quantitative estimate of drug-likeness (QED) is 0.313. The molecule has 0 radical (unpaired) electrons. The summed E-state index contributed by atoms with van der Waals surface area (Å²) in [6, 6.07) is 21.3. The van der Waals surface area contributed by atoms with Crippen LogP contribution in [0.5, 0.6) is 0 Å². The van der Waals surface area contributed by atoms with Crippen molar-refractivity contribution in [1.82, 2.24) is 9.80 Å². The molecule has 0 spiro atoms. The Hall–Kier alpha value is -5.58. The Bertz CT molecular complexity index is 1750. The maximum absolute atomic E-state index is 15.0. The van der Waals surface area contributed by atoms with Crippen molar-refractivity contribution in [2.24, 2.45) is 0 Å². The molecule has 1 N–H and O–H groups in total. The van der Waals surface area contributed by atoms with Crippen LogP contribution in [-0.4, -0.2) is 64.4 Å². The standard InChI is InChI=1S/C33H26F2N4O5/c34-23-11-3-7-15-27(23)39(28-16-8-4-12-24(28)35)32(43)36-17-18-37(29(20-36)31(41)42)33(44)38-25-13-5-1-9-21(25)19-30(40)22-10-2-6-14-26(22)38/h1-16,29H,17-20H2,(H,41,42)/t29-/m0/s1. The monoisotopic (exact) mass is 596 g/mol. The number of carboxylic acids is 1. The summed E-state index contributed by atoms with van der Waals surface area (Å²) in [6.45, 7) is -0.766. The number of aliphatic carboxylic acids is 1. The fraction of sp³-hybridized carbons (Fsp3) is 0.152. The molecule has 6 rings (SSSR count). The third-order valence-corrected chi connectivity index (χ3v) is 7.78. The van der Waals surface area contributed by atoms with Gasteiger partial charge in [-0.1, -0.05) is 54.6 Å². The number of rotatable bonds is 3. The van der Waals surface area contributed by atoms with Gasteiger partial charge < -0.3 is 14.9 Å². The van der Waals surface area contributed by atoms with Gasteiger partial charge in [-0.3, -0.25) is 14.6 Å². The molecule has 1 saturated heterocycles. The Morgan fingerprint density at radius 2 is 1.32 bits per heavy atom. The van der Waals surface area contributed by atoms with Gasteiger partial charge in [-0.25, -0.2) is 23.2 Å². The van der Waals surface area contributed by atoms with E-state index in [0.717, 1.165) is 26.8 Å². The molecule has 0 aromatic heterocycles. The molecule has 222 valence electrons. The number of benzene rings is 4. The molecular weight excluding hydrogens is 570 g/mol. The number of carboxylic acid groups (broad SMARTS) is 1. The summed E-state index contributed by atoms with van der Waals surface area (Å²) in [5, 5.41) is 10.3. The van der Waals surface area contributed by atoms with Crippen molar-refractivity contribution in [3.8, 4) is 0 Å². The van der Waals surface area contributed by atoms with Crippen molar-refractivity contribution in [1.29, 1.82) is 0 Å². The molecule has 2 heterocycles. The highest BCUT2D eigenvalue weighted by Crippen LogP contribution is 2.38. The van der Waals surface area contributed by atoms with Gasteiger partial charge in [-0.2, -0.15) is 0 Å². The minimum absolute atomic E-state index is 0.0591. The van der Waals surface area contributed by atoms with E-state index in [9.17, 15) is 33.1 Å². The minimum Gasteiger partial charge on any atom is -0.480 e. The van der Waals surface area contributed by atoms with Crippen LogP contribution < -0.4 is 9.80 Å². The number of hydrogen-bond acceptors (Lipinski definition) is 4. The third kappa shape index (κ3) is 5.02. The SMILES string of the molecule is O=C1Cc2ccccc2N(C(=O)N2CCN(C(=O)N(c3ccccc3F)c3ccccc3F)C[C@H]2C(=O)O)c2ccccc21. The molecule has 1 atom stereocenters. The number of hydrogen-bond donors (Lipinski definition) is 1. The van der Waals surface area contributed by atoms with Crippen LogP contribution in [0.3, 0.4) is 0 Å². The number of para-hydroxylation sites is 4. The highest BCUT2D eigenvalue weighted by molar-refractivity contribution is 6.12. The van der Waals surface area contributed by atoms with Gasteiger partial charge >= 0.3 is 18.0 Å². The van der Waals surface area contributed by atoms with Gasteiger partial charge in [0.05, 0.1) is 29.3 Å². The average Bonchev–Trinajstić information content (AvgIpc) is 3.16. The molecule has 4 aromatic rings. The molecule has 44 heavy (non-hydrogen) atoms. The highest BCUT2D eigenvalue weighted by Gasteiger charge is 2.42. The Morgan fingerprint density at radius 3 is 1.95 bits per heavy atom. The summed E-state index contributed by atoms with van der Waals surface area (Å²) in [4.78, 5) is 58.4. The summed E-state index contributed by atoms with van der Waals surface area (Å²) >= 11 is 0. The Labute approximate surface area is 251 Å². The maximum atomic E-state index is 15.0. The van der Waals surface area contributed by atoms with Crippen LogP contribution in [-0.2, 0) is 11.2 Å². The first kappa shape index (κ1) is 28.5. The summed E-state index contributed by atoms with van der Waals surface area (Å²) in [5.74, 6) is -3.11. The predicted octanol–water partition coefficient (Wildman–Crippen LogP) is 5.99. The fourth-order valence-electron chi connectivity index (χ4n) is 5.66. The van der Waals surface area contributed by atoms with Crippen molar-refractivity contribution in [3.63, 3.8) is 0 Å². The molecule has 9 nitrogen and oxygen atoms in total. The number of ketones is 1. The second-order valence-corrected chi connectivity index (χ2v) is 10.4. The number of nitrogens with zero attached hydrogens (tertiary/aromatic N) is 4. The van der Waals surface area contributed by atoms with Gasteiger partial charge in [0.25, 0.3) is 0 Å². The number of carbonyl (C=O) groups is 4. The van der Waals surface area contributed by atoms with Crippen LogP contribution in [0.4, 0.5) is 41.1 Å². The molecule has 0 bridgehead atoms. The third-order valence-electron chi connectivity index (χ3n) is 7.78. The van der Waals surface area contributed by atoms with E-state index < -0.39 is 42.3 Å². The van der Waals surface area contributed by atoms with Gasteiger partial charge in [0, 0.05) is 25.1 Å². The second-order valence-electron chi connectivity index (χ2n) is 10.4. The lowest BCUT2D eigenvalue weighted by atomic mass is 10.0. The number of anilines is 4. The predicted molar refractivity (Wildman–Crippen MR) is 158 cm³/mol. The number of piperazine rings is 1. The van der Waals surface area contributed by atoms with Gasteiger partial charge in [0.1, 0.15) is 17.7 Å². The van der Waals surface area contributed by atoms with E-state index in [1.165, 1.54) is 41.3 Å². The van der Waals surface area contributed by atoms with Crippen LogP contribution in [0.2, 0.25) is 0 Å². The van der Waals surface area contributed by atoms with Crippen LogP contribution in [0.15, 0.2) is 97.1 Å². The smallest absolute Gasteiger partial charge is 0.330 e. The van der Waals surface area contributed by atoms with Crippen molar-refractivity contribution in [2.75, 3.05) is 29.4 Å². The number of fused-ring (bicyclic) bond motifs is 2. The van der Waals surface area contributed by atoms with Gasteiger partial charge in [0.2, 0.25) is 0 Å². The van der Waals surface area contributed by atoms with Gasteiger partial charge in [-0.05, 0) is 48.0 Å². The number of halogens is 2. The Kier molecular flexibility index (Phi) is 7.52. The van der Waals surface area contributed by atoms with E-state index >= 15 is 0 Å². The molecule has 4 aromatic carbocycles. The average molecular weight is 597 g/mol. The van der Waals surface area contributed by atoms with E-state index in [0.29, 0.717) is 22.5 Å². The van der Waals surface area contributed by atoms with Crippen LogP contribution in [0, 0.1) is 11.6 Å². The van der Waals surface area contributed by atoms with Crippen molar-refractivity contribution in [2.45, 2.75) is 12.5 Å². The zero-order valence-corrected chi connectivity index (χ0v) is 23.3. The number of carbonyl (C=O) groups excluding carboxylic acids is 3. The number of urea groups is 2. The Morgan fingerprint density at radius 1 is 0.750 bits per heavy atom. The molecule has 0 aliphatic carbocycles. The summed E-state index contributed by atoms with van der Waals surface area (Å²) in [6.07, 6.45) is 0.0591. The van der Waals surface area contributed by atoms with Crippen LogP contribution >= 0.6 is 0 Å². The summed E-state index contributed by atoms with van der Waals surface area (Å²) < 4.78 is 29.9. The van der Waals surface area contributed by atoms with E-state index in [-0.39, 0.29) is 36.7 Å². The van der Waals surface area contributed by atoms with E-state index in [1.807, 2.05) is 0 Å². The lowest BCUT2D eigenvalue weighted by Gasteiger charge is -2.42. The van der Waals surface area contributed by atoms with Gasteiger partial charge in [-0.15, -0.1) is 0 Å². The van der Waals surface area contributed by atoms with E-state index in [4.69, 9.17) is 0 Å². The normalized spacial score (nSPS) is 16.1. The van der Waals surface area contributed by atoms with Crippen LogP contribution in [0.1, 0.15) is 15.9 Å². The van der Waals surface area contributed by atoms with E-state index in [2.05, 4.69) is 0 Å². The zero-order chi connectivity index (χ0) is 31.0. The topological polar surface area (TPSA) is 101 Å². The minimum atomic E-state index is -1.50. The lowest BCUT2D eigenvalue weighted by Crippen LogP contribution is -2.62. The van der Waals surface area contributed by atoms with E-state index in [1.54, 1.807) is 48.5 Å². The molecule has 0 saturated carbocycles. The van der Waals surface area contributed by atoms with Crippen LogP contribution in [0.25, 0.3) is 0 Å². The fourth-order valence-corrected chi connectivity index (χ4v) is 5.66. The first-order chi connectivity index (χ1) is 21.3. The van der Waals surface area contributed by atoms with Crippen molar-refractivity contribution in [3.05, 3.63) is 120 Å². The molecular formula is C33H26F2N4O5. The summed E-state index contributed by atoms with van der Waals surface area (Å²) in [7, 11) is 0. The molecule has 4 amide bonds. The largest absolute Gasteiger partial charge is 0.480 e. The Balaban J connectivity index is 1.35. The van der Waals surface area contributed by atoms with Crippen molar-refractivity contribution >= 4 is 46.6 Å². The molecule has 2 aliphatic heterocycles. The number of amides is 4. The first-order valence-corrected chi connectivity index (χ1v) is 13.9. The second kappa shape index (κ2) is 11.6. The summed E-state index contributed by atoms with van der Waals surface area (Å²) in [5.41, 5.74) is 1.27. The highest BCUT2D eigenvalue weighted by atomic mass is 19.1. The molecule has 2 aliphatic rings. The van der Waals surface area contributed by atoms with Gasteiger partial charge in [0.15, 0.2) is 5.78 Å². The molecule has 1 fully saturated rings. The van der Waals surface area contributed by atoms with Crippen molar-refractivity contribution < 1.29 is 33.1 Å². The lowest BCUT2D eigenvalue weighted by molar-refractivity contribution is -0.143. The molecule has 11 heteroatoms.